The van der Waals surface area contributed by atoms with Gasteiger partial charge in [-0.1, -0.05) is 11.6 Å². The van der Waals surface area contributed by atoms with E-state index in [1.807, 2.05) is 6.07 Å². The minimum absolute atomic E-state index is 0.316. The molecule has 0 saturated heterocycles. The van der Waals surface area contributed by atoms with E-state index in [0.29, 0.717) is 27.5 Å². The number of nitrogens with one attached hydrogen (secondary N) is 1. The Labute approximate surface area is 125 Å². The number of nitrogens with zero attached hydrogens (tertiary/aromatic N) is 2. The van der Waals surface area contributed by atoms with Crippen LogP contribution in [0.3, 0.4) is 0 Å². The van der Waals surface area contributed by atoms with Crippen LogP contribution in [0.1, 0.15) is 10.4 Å². The van der Waals surface area contributed by atoms with Gasteiger partial charge < -0.3 is 11.1 Å². The van der Waals surface area contributed by atoms with Gasteiger partial charge in [0.1, 0.15) is 0 Å². The number of aromatic nitrogens is 2. The second-order valence-electron chi connectivity index (χ2n) is 4.41. The summed E-state index contributed by atoms with van der Waals surface area (Å²) >= 11 is 6.13. The Morgan fingerprint density at radius 2 is 2.05 bits per heavy atom. The van der Waals surface area contributed by atoms with Gasteiger partial charge in [-0.25, -0.2) is 0 Å². The topological polar surface area (TPSA) is 80.9 Å². The summed E-state index contributed by atoms with van der Waals surface area (Å²) < 4.78 is 0. The van der Waals surface area contributed by atoms with Crippen molar-refractivity contribution in [2.24, 2.45) is 0 Å². The molecule has 0 radical (unpaired) electrons. The van der Waals surface area contributed by atoms with E-state index < -0.39 is 0 Å². The van der Waals surface area contributed by atoms with Crippen molar-refractivity contribution in [1.82, 2.24) is 9.97 Å². The van der Waals surface area contributed by atoms with Gasteiger partial charge in [-0.2, -0.15) is 0 Å². The molecule has 104 valence electrons. The van der Waals surface area contributed by atoms with Gasteiger partial charge >= 0.3 is 0 Å². The molecular formula is C15H11ClN4O. The number of hydrogen-bond donors (Lipinski definition) is 2. The van der Waals surface area contributed by atoms with Gasteiger partial charge in [-0.3, -0.25) is 14.8 Å². The predicted molar refractivity (Wildman–Crippen MR) is 83.4 cm³/mol. The highest BCUT2D eigenvalue weighted by Crippen LogP contribution is 2.28. The molecular weight excluding hydrogens is 288 g/mol. The summed E-state index contributed by atoms with van der Waals surface area (Å²) in [7, 11) is 0. The normalized spacial score (nSPS) is 10.5. The van der Waals surface area contributed by atoms with Crippen LogP contribution in [0.25, 0.3) is 10.9 Å². The van der Waals surface area contributed by atoms with Crippen molar-refractivity contribution in [3.05, 3.63) is 59.5 Å². The molecule has 6 heteroatoms. The summed E-state index contributed by atoms with van der Waals surface area (Å²) in [5.74, 6) is -0.338. The van der Waals surface area contributed by atoms with Crippen LogP contribution in [0.15, 0.2) is 48.9 Å². The van der Waals surface area contributed by atoms with Crippen molar-refractivity contribution in [2.75, 3.05) is 11.1 Å². The average Bonchev–Trinajstić information content (AvgIpc) is 2.51. The number of nitrogens with two attached hydrogens (primary N) is 1. The zero-order valence-corrected chi connectivity index (χ0v) is 11.6. The lowest BCUT2D eigenvalue weighted by Crippen LogP contribution is -2.14. The molecule has 21 heavy (non-hydrogen) atoms. The predicted octanol–water partition coefficient (Wildman–Crippen LogP) is 3.12. The van der Waals surface area contributed by atoms with Crippen molar-refractivity contribution in [3.8, 4) is 0 Å². The molecule has 2 aromatic heterocycles. The molecule has 1 amide bonds. The van der Waals surface area contributed by atoms with Gasteiger partial charge in [0.15, 0.2) is 0 Å². The zero-order chi connectivity index (χ0) is 14.8. The number of amides is 1. The van der Waals surface area contributed by atoms with E-state index >= 15 is 0 Å². The van der Waals surface area contributed by atoms with Crippen LogP contribution >= 0.6 is 11.6 Å². The highest BCUT2D eigenvalue weighted by Gasteiger charge is 2.13. The fourth-order valence-electron chi connectivity index (χ4n) is 2.02. The number of pyridine rings is 2. The minimum Gasteiger partial charge on any atom is -0.398 e. The Hall–Kier alpha value is -2.66. The van der Waals surface area contributed by atoms with Gasteiger partial charge in [0.05, 0.1) is 21.8 Å². The number of nitrogen functional groups attached to an aromatic ring is 1. The molecule has 0 aliphatic rings. The number of anilines is 2. The summed E-state index contributed by atoms with van der Waals surface area (Å²) in [4.78, 5) is 20.4. The smallest absolute Gasteiger partial charge is 0.259 e. The van der Waals surface area contributed by atoms with Crippen LogP contribution in [-0.2, 0) is 0 Å². The molecule has 0 unspecified atom stereocenters. The summed E-state index contributed by atoms with van der Waals surface area (Å²) in [6.45, 7) is 0. The highest BCUT2D eigenvalue weighted by atomic mass is 35.5. The number of carbonyl (C=O) groups is 1. The third kappa shape index (κ3) is 2.51. The second kappa shape index (κ2) is 5.38. The number of hydrogen-bond acceptors (Lipinski definition) is 4. The van der Waals surface area contributed by atoms with E-state index in [9.17, 15) is 4.79 Å². The first kappa shape index (κ1) is 13.3. The van der Waals surface area contributed by atoms with E-state index in [1.54, 1.807) is 30.5 Å². The maximum Gasteiger partial charge on any atom is 0.259 e. The summed E-state index contributed by atoms with van der Waals surface area (Å²) in [5.41, 5.74) is 7.66. The maximum absolute atomic E-state index is 12.3. The number of halogens is 1. The molecule has 5 nitrogen and oxygen atoms in total. The molecule has 0 aliphatic heterocycles. The van der Waals surface area contributed by atoms with Crippen LogP contribution in [0.2, 0.25) is 5.02 Å². The van der Waals surface area contributed by atoms with E-state index in [1.165, 1.54) is 12.4 Å². The van der Waals surface area contributed by atoms with Crippen molar-refractivity contribution >= 4 is 39.8 Å². The standard InChI is InChI=1S/C15H11ClN4O/c16-11-3-4-13(14-9(11)2-1-6-19-14)20-15(21)10-8-18-7-5-12(10)17/h1-8H,(H2,17,18)(H,20,21). The Morgan fingerprint density at radius 1 is 1.19 bits per heavy atom. The Bertz CT molecular complexity index is 835. The van der Waals surface area contributed by atoms with Crippen LogP contribution in [0.5, 0.6) is 0 Å². The SMILES string of the molecule is Nc1ccncc1C(=O)Nc1ccc(Cl)c2cccnc12. The zero-order valence-electron chi connectivity index (χ0n) is 10.9. The molecule has 1 aromatic carbocycles. The Balaban J connectivity index is 2.01. The van der Waals surface area contributed by atoms with Crippen LogP contribution in [-0.4, -0.2) is 15.9 Å². The van der Waals surface area contributed by atoms with Gasteiger partial charge in [-0.15, -0.1) is 0 Å². The van der Waals surface area contributed by atoms with Gasteiger partial charge in [-0.05, 0) is 30.3 Å². The lowest BCUT2D eigenvalue weighted by Gasteiger charge is -2.10. The van der Waals surface area contributed by atoms with E-state index in [2.05, 4.69) is 15.3 Å². The largest absolute Gasteiger partial charge is 0.398 e. The number of fused-ring (bicyclic) bond motifs is 1. The third-order valence-electron chi connectivity index (χ3n) is 3.06. The van der Waals surface area contributed by atoms with Crippen molar-refractivity contribution in [3.63, 3.8) is 0 Å². The summed E-state index contributed by atoms with van der Waals surface area (Å²) in [5, 5.41) is 4.14. The lowest BCUT2D eigenvalue weighted by molar-refractivity contribution is 0.102. The molecule has 3 N–H and O–H groups in total. The number of rotatable bonds is 2. The quantitative estimate of drug-likeness (QED) is 0.761. The monoisotopic (exact) mass is 298 g/mol. The molecule has 0 atom stereocenters. The molecule has 0 spiro atoms. The molecule has 2 heterocycles. The molecule has 3 aromatic rings. The molecule has 0 aliphatic carbocycles. The fraction of sp³-hybridized carbons (Fsp3) is 0. The third-order valence-corrected chi connectivity index (χ3v) is 3.39. The first-order chi connectivity index (χ1) is 10.2. The fourth-order valence-corrected chi connectivity index (χ4v) is 2.24. The van der Waals surface area contributed by atoms with Crippen molar-refractivity contribution in [2.45, 2.75) is 0 Å². The van der Waals surface area contributed by atoms with Gasteiger partial charge in [0.25, 0.3) is 5.91 Å². The van der Waals surface area contributed by atoms with Crippen molar-refractivity contribution in [1.29, 1.82) is 0 Å². The molecule has 0 saturated carbocycles. The van der Waals surface area contributed by atoms with Crippen molar-refractivity contribution < 1.29 is 4.79 Å². The first-order valence-electron chi connectivity index (χ1n) is 6.21. The summed E-state index contributed by atoms with van der Waals surface area (Å²) in [6.07, 6.45) is 4.61. The average molecular weight is 299 g/mol. The van der Waals surface area contributed by atoms with E-state index in [0.717, 1.165) is 5.39 Å². The van der Waals surface area contributed by atoms with Crippen LogP contribution in [0, 0.1) is 0 Å². The van der Waals surface area contributed by atoms with Gasteiger partial charge in [0, 0.05) is 29.7 Å². The van der Waals surface area contributed by atoms with Crippen LogP contribution in [0.4, 0.5) is 11.4 Å². The minimum atomic E-state index is -0.338. The van der Waals surface area contributed by atoms with Gasteiger partial charge in [0.2, 0.25) is 0 Å². The van der Waals surface area contributed by atoms with Crippen LogP contribution < -0.4 is 11.1 Å². The Morgan fingerprint density at radius 3 is 2.86 bits per heavy atom. The molecule has 3 rings (SSSR count). The first-order valence-corrected chi connectivity index (χ1v) is 6.58. The maximum atomic E-state index is 12.3. The second-order valence-corrected chi connectivity index (χ2v) is 4.82. The van der Waals surface area contributed by atoms with E-state index in [4.69, 9.17) is 17.3 Å². The highest BCUT2D eigenvalue weighted by molar-refractivity contribution is 6.36. The number of carbonyl (C=O) groups excluding carboxylic acids is 1. The Kier molecular flexibility index (Phi) is 3.41. The summed E-state index contributed by atoms with van der Waals surface area (Å²) in [6, 6.07) is 8.64. The lowest BCUT2D eigenvalue weighted by atomic mass is 10.1. The number of benzene rings is 1. The van der Waals surface area contributed by atoms with E-state index in [-0.39, 0.29) is 5.91 Å². The molecule has 0 bridgehead atoms. The molecule has 0 fully saturated rings.